The second kappa shape index (κ2) is 24.0. The van der Waals surface area contributed by atoms with Crippen LogP contribution in [0.15, 0.2) is 158 Å². The van der Waals surface area contributed by atoms with E-state index in [1.807, 2.05) is 68.2 Å². The molecule has 3 aliphatic rings. The normalized spacial score (nSPS) is 16.4. The van der Waals surface area contributed by atoms with Gasteiger partial charge in [0.2, 0.25) is 0 Å². The second-order valence-corrected chi connectivity index (χ2v) is 15.7. The van der Waals surface area contributed by atoms with Crippen LogP contribution in [0.5, 0.6) is 0 Å². The van der Waals surface area contributed by atoms with Gasteiger partial charge in [-0.25, -0.2) is 0 Å². The number of carbonyl (C=O) groups is 1. The maximum atomic E-state index is 13.6. The van der Waals surface area contributed by atoms with E-state index in [4.69, 9.17) is 0 Å². The van der Waals surface area contributed by atoms with Gasteiger partial charge in [-0.1, -0.05) is 166 Å². The highest BCUT2D eigenvalue weighted by molar-refractivity contribution is 6.00. The lowest BCUT2D eigenvalue weighted by atomic mass is 9.88. The number of hydrogen-bond donors (Lipinski definition) is 0. The minimum atomic E-state index is -0.326. The van der Waals surface area contributed by atoms with E-state index >= 15 is 0 Å². The zero-order valence-corrected chi connectivity index (χ0v) is 36.0. The van der Waals surface area contributed by atoms with Crippen LogP contribution in [-0.4, -0.2) is 48.4 Å². The standard InChI is InChI=1S/C36H39N3O.C8H12.C6H10.C3H8/c1-36(2)34-19-18-31(26-33(34)35(40)39(36)27-28-12-6-3-7-13-28)38-24-22-37(23-25-38)21-20-32(29-14-8-4-9-15-29)30-16-10-5-11-17-30;1-2-3-4-5-8-6-7-8;1-3-5-6-4-2;1-3-2/h3-19,26,32H,20-25,27H2,1-2H3;2-5,8H,6-7H2,1H3;3-6H,1-2H3;3H2,1-2H3/b;3-2-,5-4-;5-3-,6-4-;. The minimum absolute atomic E-state index is 0.136. The van der Waals surface area contributed by atoms with Crippen molar-refractivity contribution in [2.75, 3.05) is 37.6 Å². The zero-order valence-electron chi connectivity index (χ0n) is 36.0. The van der Waals surface area contributed by atoms with Gasteiger partial charge in [0.15, 0.2) is 0 Å². The lowest BCUT2D eigenvalue weighted by Gasteiger charge is -2.37. The van der Waals surface area contributed by atoms with Crippen LogP contribution in [0.25, 0.3) is 0 Å². The topological polar surface area (TPSA) is 26.8 Å². The van der Waals surface area contributed by atoms with Crippen LogP contribution < -0.4 is 4.90 Å². The first-order valence-corrected chi connectivity index (χ1v) is 21.4. The first-order valence-electron chi connectivity index (χ1n) is 21.4. The molecule has 1 amide bonds. The molecule has 0 aromatic heterocycles. The number of carbonyl (C=O) groups excluding carboxylic acids is 1. The van der Waals surface area contributed by atoms with Crippen LogP contribution in [0, 0.1) is 5.92 Å². The summed E-state index contributed by atoms with van der Waals surface area (Å²) < 4.78 is 0. The first kappa shape index (κ1) is 44.8. The number of benzene rings is 4. The fourth-order valence-electron chi connectivity index (χ4n) is 7.30. The number of allylic oxidation sites excluding steroid dienone is 8. The summed E-state index contributed by atoms with van der Waals surface area (Å²) in [7, 11) is 0. The molecule has 2 fully saturated rings. The Kier molecular flexibility index (Phi) is 18.8. The Hall–Kier alpha value is -4.93. The molecule has 0 atom stereocenters. The molecule has 7 rings (SSSR count). The van der Waals surface area contributed by atoms with Gasteiger partial charge in [0.05, 0.1) is 5.54 Å². The summed E-state index contributed by atoms with van der Waals surface area (Å²) in [5, 5.41) is 0. The predicted octanol–water partition coefficient (Wildman–Crippen LogP) is 13.0. The fraction of sp³-hybridized carbons (Fsp3) is 0.377. The van der Waals surface area contributed by atoms with Gasteiger partial charge < -0.3 is 9.80 Å². The summed E-state index contributed by atoms with van der Waals surface area (Å²) in [5.41, 5.74) is 6.76. The highest BCUT2D eigenvalue weighted by Crippen LogP contribution is 2.41. The van der Waals surface area contributed by atoms with Gasteiger partial charge in [-0.2, -0.15) is 0 Å². The van der Waals surface area contributed by atoms with E-state index in [9.17, 15) is 4.79 Å². The number of amides is 1. The Morgan fingerprint density at radius 1 is 0.684 bits per heavy atom. The van der Waals surface area contributed by atoms with Crippen molar-refractivity contribution >= 4 is 11.6 Å². The van der Waals surface area contributed by atoms with Crippen LogP contribution in [0.2, 0.25) is 0 Å². The van der Waals surface area contributed by atoms with Crippen molar-refractivity contribution in [1.29, 1.82) is 0 Å². The molecule has 4 aromatic rings. The molecule has 0 N–H and O–H groups in total. The van der Waals surface area contributed by atoms with Gasteiger partial charge in [0.1, 0.15) is 0 Å². The van der Waals surface area contributed by atoms with Crippen molar-refractivity contribution in [2.45, 2.75) is 92.2 Å². The molecule has 57 heavy (non-hydrogen) atoms. The Balaban J connectivity index is 0.000000353. The summed E-state index contributed by atoms with van der Waals surface area (Å²) in [6, 6.07) is 38.6. The number of piperazine rings is 1. The average Bonchev–Trinajstić information content (AvgIpc) is 4.06. The van der Waals surface area contributed by atoms with Crippen molar-refractivity contribution in [1.82, 2.24) is 9.80 Å². The Bertz CT molecular complexity index is 1800. The highest BCUT2D eigenvalue weighted by Gasteiger charge is 2.43. The van der Waals surface area contributed by atoms with E-state index in [2.05, 4.69) is 153 Å². The third-order valence-corrected chi connectivity index (χ3v) is 10.7. The smallest absolute Gasteiger partial charge is 0.255 e. The first-order chi connectivity index (χ1) is 27.8. The maximum absolute atomic E-state index is 13.6. The average molecular weight is 764 g/mol. The van der Waals surface area contributed by atoms with Crippen LogP contribution in [0.3, 0.4) is 0 Å². The monoisotopic (exact) mass is 764 g/mol. The SMILES string of the molecule is C/C=C\C=C/C.C/C=C\C=C/C1CC1.CC1(C)c2ccc(N3CCN(CCC(c4ccccc4)c4ccccc4)CC3)cc2C(=O)N1Cc1ccccc1.CCC. The number of nitrogens with zero attached hydrogens (tertiary/aromatic N) is 3. The van der Waals surface area contributed by atoms with E-state index in [1.165, 1.54) is 30.4 Å². The molecule has 0 bridgehead atoms. The fourth-order valence-corrected chi connectivity index (χ4v) is 7.30. The summed E-state index contributed by atoms with van der Waals surface area (Å²) in [5.74, 6) is 1.47. The molecular weight excluding hydrogens is 695 g/mol. The van der Waals surface area contributed by atoms with Crippen LogP contribution in [0.4, 0.5) is 5.69 Å². The molecule has 4 heteroatoms. The van der Waals surface area contributed by atoms with Crippen molar-refractivity contribution < 1.29 is 4.79 Å². The van der Waals surface area contributed by atoms with E-state index in [0.717, 1.165) is 67.4 Å². The Morgan fingerprint density at radius 3 is 1.70 bits per heavy atom. The molecule has 0 spiro atoms. The van der Waals surface area contributed by atoms with Crippen molar-refractivity contribution in [3.8, 4) is 0 Å². The summed E-state index contributed by atoms with van der Waals surface area (Å²) >= 11 is 0. The Morgan fingerprint density at radius 2 is 1.19 bits per heavy atom. The van der Waals surface area contributed by atoms with Crippen LogP contribution in [-0.2, 0) is 12.1 Å². The molecule has 2 aliphatic heterocycles. The van der Waals surface area contributed by atoms with Crippen molar-refractivity contribution in [2.24, 2.45) is 5.92 Å². The van der Waals surface area contributed by atoms with Crippen molar-refractivity contribution in [3.63, 3.8) is 0 Å². The maximum Gasteiger partial charge on any atom is 0.255 e. The van der Waals surface area contributed by atoms with Crippen LogP contribution in [0.1, 0.15) is 113 Å². The van der Waals surface area contributed by atoms with Gasteiger partial charge in [0, 0.05) is 49.9 Å². The number of hydrogen-bond acceptors (Lipinski definition) is 3. The summed E-state index contributed by atoms with van der Waals surface area (Å²) in [4.78, 5) is 20.6. The molecule has 0 unspecified atom stereocenters. The van der Waals surface area contributed by atoms with Gasteiger partial charge >= 0.3 is 0 Å². The van der Waals surface area contributed by atoms with Gasteiger partial charge in [-0.3, -0.25) is 9.69 Å². The second-order valence-electron chi connectivity index (χ2n) is 15.7. The van der Waals surface area contributed by atoms with Gasteiger partial charge in [-0.05, 0) is 101 Å². The summed E-state index contributed by atoms with van der Waals surface area (Å²) in [6.45, 7) is 20.3. The van der Waals surface area contributed by atoms with E-state index in [-0.39, 0.29) is 11.4 Å². The molecule has 1 saturated heterocycles. The molecular formula is C53H69N3O. The van der Waals surface area contributed by atoms with Crippen LogP contribution >= 0.6 is 0 Å². The predicted molar refractivity (Wildman–Crippen MR) is 246 cm³/mol. The lowest BCUT2D eigenvalue weighted by Crippen LogP contribution is -2.46. The zero-order chi connectivity index (χ0) is 40.9. The molecule has 302 valence electrons. The molecule has 4 aromatic carbocycles. The number of anilines is 1. The molecule has 1 aliphatic carbocycles. The molecule has 0 radical (unpaired) electrons. The molecule has 1 saturated carbocycles. The third-order valence-electron chi connectivity index (χ3n) is 10.7. The van der Waals surface area contributed by atoms with Crippen molar-refractivity contribution in [3.05, 3.63) is 186 Å². The van der Waals surface area contributed by atoms with Gasteiger partial charge in [-0.15, -0.1) is 0 Å². The molecule has 4 nitrogen and oxygen atoms in total. The number of rotatable bonds is 11. The van der Waals surface area contributed by atoms with Gasteiger partial charge in [0.25, 0.3) is 5.91 Å². The molecule has 2 heterocycles. The lowest BCUT2D eigenvalue weighted by molar-refractivity contribution is 0.0595. The Labute approximate surface area is 346 Å². The highest BCUT2D eigenvalue weighted by atomic mass is 16.2. The summed E-state index contributed by atoms with van der Waals surface area (Å²) in [6.07, 6.45) is 21.7. The minimum Gasteiger partial charge on any atom is -0.369 e. The van der Waals surface area contributed by atoms with E-state index in [0.29, 0.717) is 12.5 Å². The largest absolute Gasteiger partial charge is 0.369 e. The van der Waals surface area contributed by atoms with E-state index in [1.54, 1.807) is 0 Å². The third kappa shape index (κ3) is 13.9. The quantitative estimate of drug-likeness (QED) is 0.142. The van der Waals surface area contributed by atoms with E-state index < -0.39 is 0 Å². The number of fused-ring (bicyclic) bond motifs is 1.